The number of carbonyl (C=O) groups excluding carboxylic acids is 1. The van der Waals surface area contributed by atoms with Crippen LogP contribution in [0, 0.1) is 6.92 Å². The van der Waals surface area contributed by atoms with Crippen LogP contribution >= 0.6 is 11.3 Å². The Kier molecular flexibility index (Phi) is 2.96. The summed E-state index contributed by atoms with van der Waals surface area (Å²) in [7, 11) is 0. The minimum Gasteiger partial charge on any atom is -0.343 e. The highest BCUT2D eigenvalue weighted by molar-refractivity contribution is 7.16. The van der Waals surface area contributed by atoms with Crippen molar-refractivity contribution in [2.45, 2.75) is 13.5 Å². The van der Waals surface area contributed by atoms with Crippen molar-refractivity contribution < 1.29 is 9.32 Å². The molecule has 0 bridgehead atoms. The highest BCUT2D eigenvalue weighted by Gasteiger charge is 2.09. The Morgan fingerprint density at radius 3 is 3.16 bits per heavy atom. The Bertz CT molecular complexity index is 734. The summed E-state index contributed by atoms with van der Waals surface area (Å²) in [6, 6.07) is 5.40. The lowest BCUT2D eigenvalue weighted by atomic mass is 10.2. The Morgan fingerprint density at radius 2 is 2.37 bits per heavy atom. The third kappa shape index (κ3) is 2.45. The maximum atomic E-state index is 12.0. The van der Waals surface area contributed by atoms with Crippen LogP contribution in [-0.2, 0) is 6.54 Å². The largest absolute Gasteiger partial charge is 0.343 e. The van der Waals surface area contributed by atoms with Gasteiger partial charge in [-0.3, -0.25) is 4.79 Å². The van der Waals surface area contributed by atoms with E-state index in [0.29, 0.717) is 17.3 Å². The van der Waals surface area contributed by atoms with E-state index in [2.05, 4.69) is 20.4 Å². The molecule has 0 aliphatic heterocycles. The molecule has 3 aromatic rings. The van der Waals surface area contributed by atoms with Gasteiger partial charge in [0.15, 0.2) is 5.82 Å². The van der Waals surface area contributed by atoms with E-state index in [1.807, 2.05) is 12.1 Å². The van der Waals surface area contributed by atoms with Crippen molar-refractivity contribution in [2.24, 2.45) is 0 Å². The fraction of sp³-hybridized carbons (Fsp3) is 0.167. The van der Waals surface area contributed by atoms with E-state index in [-0.39, 0.29) is 12.5 Å². The average molecular weight is 274 g/mol. The molecule has 96 valence electrons. The number of amides is 1. The Hall–Kier alpha value is -2.28. The summed E-state index contributed by atoms with van der Waals surface area (Å²) in [6.45, 7) is 1.95. The summed E-state index contributed by atoms with van der Waals surface area (Å²) in [5.74, 6) is 0.770. The van der Waals surface area contributed by atoms with Gasteiger partial charge in [-0.15, -0.1) is 11.3 Å². The van der Waals surface area contributed by atoms with Crippen LogP contribution in [-0.4, -0.2) is 21.0 Å². The lowest BCUT2D eigenvalue weighted by Crippen LogP contribution is -2.22. The molecule has 2 aromatic heterocycles. The van der Waals surface area contributed by atoms with Crippen LogP contribution in [0.4, 0.5) is 0 Å². The predicted octanol–water partition coefficient (Wildman–Crippen LogP) is 1.92. The van der Waals surface area contributed by atoms with Crippen molar-refractivity contribution in [2.75, 3.05) is 0 Å². The van der Waals surface area contributed by atoms with E-state index < -0.39 is 0 Å². The number of aryl methyl sites for hydroxylation is 1. The lowest BCUT2D eigenvalue weighted by Gasteiger charge is -2.02. The van der Waals surface area contributed by atoms with Gasteiger partial charge in [-0.05, 0) is 25.1 Å². The fourth-order valence-electron chi connectivity index (χ4n) is 1.67. The number of benzene rings is 1. The Labute approximate surface area is 112 Å². The van der Waals surface area contributed by atoms with Crippen molar-refractivity contribution in [3.8, 4) is 0 Å². The summed E-state index contributed by atoms with van der Waals surface area (Å²) in [6.07, 6.45) is 0. The molecule has 3 rings (SSSR count). The van der Waals surface area contributed by atoms with Gasteiger partial charge in [0.25, 0.3) is 5.91 Å². The summed E-state index contributed by atoms with van der Waals surface area (Å²) in [5, 5.41) is 6.39. The Morgan fingerprint density at radius 1 is 1.47 bits per heavy atom. The van der Waals surface area contributed by atoms with Crippen LogP contribution in [0.15, 0.2) is 28.2 Å². The number of aromatic nitrogens is 3. The van der Waals surface area contributed by atoms with Crippen molar-refractivity contribution in [3.05, 3.63) is 41.0 Å². The second-order valence-electron chi connectivity index (χ2n) is 3.95. The third-order valence-electron chi connectivity index (χ3n) is 2.56. The van der Waals surface area contributed by atoms with Gasteiger partial charge in [0.05, 0.1) is 22.3 Å². The first-order valence-corrected chi connectivity index (χ1v) is 6.51. The van der Waals surface area contributed by atoms with Crippen molar-refractivity contribution in [1.82, 2.24) is 20.4 Å². The SMILES string of the molecule is Cc1noc(CNC(=O)c2ccc3ncsc3c2)n1. The van der Waals surface area contributed by atoms with Gasteiger partial charge in [0.1, 0.15) is 0 Å². The highest BCUT2D eigenvalue weighted by atomic mass is 32.1. The molecule has 1 aromatic carbocycles. The number of thiazole rings is 1. The molecule has 6 nitrogen and oxygen atoms in total. The third-order valence-corrected chi connectivity index (χ3v) is 3.36. The van der Waals surface area contributed by atoms with E-state index in [1.165, 1.54) is 11.3 Å². The molecular formula is C12H10N4O2S. The van der Waals surface area contributed by atoms with E-state index in [9.17, 15) is 4.79 Å². The second-order valence-corrected chi connectivity index (χ2v) is 4.84. The second kappa shape index (κ2) is 4.77. The number of carbonyl (C=O) groups is 1. The highest BCUT2D eigenvalue weighted by Crippen LogP contribution is 2.19. The van der Waals surface area contributed by atoms with Crippen molar-refractivity contribution >= 4 is 27.5 Å². The molecule has 19 heavy (non-hydrogen) atoms. The van der Waals surface area contributed by atoms with E-state index in [0.717, 1.165) is 10.2 Å². The normalized spacial score (nSPS) is 10.8. The predicted molar refractivity (Wildman–Crippen MR) is 69.8 cm³/mol. The first-order chi connectivity index (χ1) is 9.22. The number of rotatable bonds is 3. The molecule has 0 saturated carbocycles. The number of fused-ring (bicyclic) bond motifs is 1. The summed E-state index contributed by atoms with van der Waals surface area (Å²) >= 11 is 1.50. The van der Waals surface area contributed by atoms with Crippen molar-refractivity contribution in [3.63, 3.8) is 0 Å². The molecule has 0 fully saturated rings. The number of hydrogen-bond donors (Lipinski definition) is 1. The first-order valence-electron chi connectivity index (χ1n) is 5.63. The van der Waals surface area contributed by atoms with Gasteiger partial charge in [-0.2, -0.15) is 4.98 Å². The van der Waals surface area contributed by atoms with Crippen LogP contribution in [0.5, 0.6) is 0 Å². The lowest BCUT2D eigenvalue weighted by molar-refractivity contribution is 0.0946. The zero-order valence-corrected chi connectivity index (χ0v) is 10.9. The molecule has 0 saturated heterocycles. The molecule has 0 atom stereocenters. The fourth-order valence-corrected chi connectivity index (χ4v) is 2.38. The first kappa shape index (κ1) is 11.8. The van der Waals surface area contributed by atoms with Crippen molar-refractivity contribution in [1.29, 1.82) is 0 Å². The van der Waals surface area contributed by atoms with Gasteiger partial charge >= 0.3 is 0 Å². The standard InChI is InChI=1S/C12H10N4O2S/c1-7-15-11(18-16-7)5-13-12(17)8-2-3-9-10(4-8)19-6-14-9/h2-4,6H,5H2,1H3,(H,13,17). The van der Waals surface area contributed by atoms with Gasteiger partial charge in [-0.25, -0.2) is 4.98 Å². The molecule has 1 N–H and O–H groups in total. The van der Waals surface area contributed by atoms with E-state index in [1.54, 1.807) is 18.5 Å². The van der Waals surface area contributed by atoms with Gasteiger partial charge in [0, 0.05) is 5.56 Å². The number of nitrogens with one attached hydrogen (secondary N) is 1. The van der Waals surface area contributed by atoms with Crippen LogP contribution in [0.2, 0.25) is 0 Å². The van der Waals surface area contributed by atoms with Crippen LogP contribution in [0.1, 0.15) is 22.1 Å². The zero-order valence-electron chi connectivity index (χ0n) is 10.1. The summed E-state index contributed by atoms with van der Waals surface area (Å²) < 4.78 is 5.91. The van der Waals surface area contributed by atoms with Gasteiger partial charge in [0.2, 0.25) is 5.89 Å². The molecule has 0 spiro atoms. The molecule has 7 heteroatoms. The monoisotopic (exact) mass is 274 g/mol. The molecule has 0 radical (unpaired) electrons. The minimum atomic E-state index is -0.175. The minimum absolute atomic E-state index is 0.175. The molecule has 0 unspecified atom stereocenters. The molecule has 2 heterocycles. The van der Waals surface area contributed by atoms with E-state index >= 15 is 0 Å². The quantitative estimate of drug-likeness (QED) is 0.789. The molecule has 1 amide bonds. The topological polar surface area (TPSA) is 80.9 Å². The summed E-state index contributed by atoms with van der Waals surface area (Å²) in [5.41, 5.74) is 3.25. The van der Waals surface area contributed by atoms with Gasteiger partial charge in [-0.1, -0.05) is 5.16 Å². The molecular weight excluding hydrogens is 264 g/mol. The number of nitrogens with zero attached hydrogens (tertiary/aromatic N) is 3. The van der Waals surface area contributed by atoms with Crippen LogP contribution in [0.25, 0.3) is 10.2 Å². The average Bonchev–Trinajstić information content (AvgIpc) is 3.03. The Balaban J connectivity index is 1.72. The smallest absolute Gasteiger partial charge is 0.251 e. The summed E-state index contributed by atoms with van der Waals surface area (Å²) in [4.78, 5) is 20.2. The van der Waals surface area contributed by atoms with Gasteiger partial charge < -0.3 is 9.84 Å². The molecule has 0 aliphatic carbocycles. The molecule has 0 aliphatic rings. The number of hydrogen-bond acceptors (Lipinski definition) is 6. The van der Waals surface area contributed by atoms with E-state index in [4.69, 9.17) is 4.52 Å². The van der Waals surface area contributed by atoms with Crippen LogP contribution in [0.3, 0.4) is 0 Å². The maximum absolute atomic E-state index is 12.0. The maximum Gasteiger partial charge on any atom is 0.251 e. The zero-order chi connectivity index (χ0) is 13.2. The van der Waals surface area contributed by atoms with Crippen LogP contribution < -0.4 is 5.32 Å².